The number of aryl methyl sites for hydroxylation is 2. The first-order valence-corrected chi connectivity index (χ1v) is 38.7. The predicted octanol–water partition coefficient (Wildman–Crippen LogP) is 5.91. The van der Waals surface area contributed by atoms with Gasteiger partial charge in [-0.1, -0.05) is 18.2 Å². The highest BCUT2D eigenvalue weighted by molar-refractivity contribution is 7.94. The number of benzene rings is 8. The lowest BCUT2D eigenvalue weighted by Crippen LogP contribution is -2.13. The molecule has 0 fully saturated rings. The summed E-state index contributed by atoms with van der Waals surface area (Å²) in [6, 6.07) is 29.3. The van der Waals surface area contributed by atoms with Crippen molar-refractivity contribution in [2.75, 3.05) is 12.0 Å². The van der Waals surface area contributed by atoms with Gasteiger partial charge in [-0.3, -0.25) is 9.11 Å². The molecule has 0 aliphatic heterocycles. The van der Waals surface area contributed by atoms with Crippen molar-refractivity contribution in [3.63, 3.8) is 0 Å². The molecule has 0 bridgehead atoms. The topological polar surface area (TPSA) is 382 Å². The molecule has 32 heteroatoms. The van der Waals surface area contributed by atoms with E-state index in [9.17, 15) is 93.3 Å². The van der Waals surface area contributed by atoms with Gasteiger partial charge in [-0.25, -0.2) is 67.3 Å². The Morgan fingerprint density at radius 3 is 0.845 bits per heavy atom. The minimum atomic E-state index is -5.53. The molecule has 0 saturated carbocycles. The van der Waals surface area contributed by atoms with E-state index in [0.717, 1.165) is 140 Å². The maximum absolute atomic E-state index is 13.8. The van der Waals surface area contributed by atoms with Crippen molar-refractivity contribution in [3.8, 4) is 0 Å². The summed E-state index contributed by atoms with van der Waals surface area (Å²) in [5.41, 5.74) is 0.331. The Morgan fingerprint density at radius 2 is 0.524 bits per heavy atom. The zero-order valence-corrected chi connectivity index (χ0v) is 51.0. The maximum Gasteiger partial charge on any atom is 0.295 e. The molecule has 8 rings (SSSR count). The zero-order valence-electron chi connectivity index (χ0n) is 42.9. The van der Waals surface area contributed by atoms with Gasteiger partial charge in [-0.2, -0.15) is 16.8 Å². The second-order valence-electron chi connectivity index (χ2n) is 18.3. The molecule has 22 nitrogen and oxygen atoms in total. The molecule has 0 amide bonds. The van der Waals surface area contributed by atoms with Crippen LogP contribution in [0.1, 0.15) is 11.1 Å². The largest absolute Gasteiger partial charge is 0.295 e. The van der Waals surface area contributed by atoms with Gasteiger partial charge in [0.2, 0.25) is 59.0 Å². The average Bonchev–Trinajstić information content (AvgIpc) is 1.45. The van der Waals surface area contributed by atoms with E-state index >= 15 is 0 Å². The molecule has 442 valence electrons. The average molecular weight is 1340 g/mol. The van der Waals surface area contributed by atoms with Gasteiger partial charge in [0.1, 0.15) is 4.90 Å². The summed E-state index contributed by atoms with van der Waals surface area (Å²) < 4.78 is 281. The molecule has 0 aromatic heterocycles. The molecule has 0 aliphatic carbocycles. The molecule has 0 aliphatic rings. The van der Waals surface area contributed by atoms with Crippen LogP contribution in [0.3, 0.4) is 0 Å². The third-order valence-electron chi connectivity index (χ3n) is 12.8. The van der Waals surface area contributed by atoms with E-state index in [0.29, 0.717) is 29.8 Å². The van der Waals surface area contributed by atoms with Gasteiger partial charge in [0.15, 0.2) is 19.7 Å². The van der Waals surface area contributed by atoms with Crippen LogP contribution < -0.4 is 0 Å². The number of sulfone groups is 8. The highest BCUT2D eigenvalue weighted by atomic mass is 32.2. The molecule has 8 aromatic carbocycles. The van der Waals surface area contributed by atoms with Crippen molar-refractivity contribution in [2.24, 2.45) is 0 Å². The number of hydrogen-bond acceptors (Lipinski definition) is 20. The maximum atomic E-state index is 13.8. The van der Waals surface area contributed by atoms with Crippen molar-refractivity contribution in [1.29, 1.82) is 0 Å². The predicted molar refractivity (Wildman–Crippen MR) is 297 cm³/mol. The smallest absolute Gasteiger partial charge is 0.282 e. The van der Waals surface area contributed by atoms with Crippen molar-refractivity contribution in [3.05, 3.63) is 193 Å². The Balaban J connectivity index is 0.912. The molecule has 0 radical (unpaired) electrons. The monoisotopic (exact) mass is 1340 g/mol. The van der Waals surface area contributed by atoms with E-state index in [1.807, 2.05) is 0 Å². The van der Waals surface area contributed by atoms with Crippen LogP contribution in [0, 0.1) is 6.92 Å². The quantitative estimate of drug-likeness (QED) is 0.0889. The van der Waals surface area contributed by atoms with Crippen LogP contribution in [0.15, 0.2) is 260 Å². The van der Waals surface area contributed by atoms with Crippen molar-refractivity contribution >= 4 is 98.9 Å². The standard InChI is InChI=1S/C52H42O22S10/c1-35-3-6-48(33-51(35)83(69,70)71)81(65,66)49-29-30-50(52(34-49)84(72,73)74)82(67,68)47-27-25-46(26-28-47)79(61,62)41-15-11-38(12-16-41)76(55,56)32-31-36-4-7-39(8-5-36)77(57,58)42-17-19-44(20-18-42)80(63,64)45-23-21-43(22-24-45)78(59,60)40-13-9-37(10-14-40)75(2,53)54/h3-30,33-34H,31-32H2,1-2H3,(H,69,70,71)(H,72,73,74). The summed E-state index contributed by atoms with van der Waals surface area (Å²) in [6.07, 6.45) is 0.819. The van der Waals surface area contributed by atoms with Gasteiger partial charge < -0.3 is 0 Å². The summed E-state index contributed by atoms with van der Waals surface area (Å²) in [6.45, 7) is 1.25. The Bertz CT molecular complexity index is 5170. The van der Waals surface area contributed by atoms with E-state index in [-0.39, 0.29) is 51.1 Å². The first-order chi connectivity index (χ1) is 38.7. The van der Waals surface area contributed by atoms with Crippen LogP contribution in [0.2, 0.25) is 0 Å². The van der Waals surface area contributed by atoms with E-state index < -0.39 is 144 Å². The molecule has 8 aromatic rings. The molecule has 2 N–H and O–H groups in total. The number of rotatable bonds is 19. The first kappa shape index (κ1) is 63.2. The fourth-order valence-corrected chi connectivity index (χ4v) is 19.9. The Morgan fingerprint density at radius 1 is 0.274 bits per heavy atom. The normalized spacial score (nSPS) is 13.3. The van der Waals surface area contributed by atoms with Gasteiger partial charge in [0.25, 0.3) is 20.2 Å². The van der Waals surface area contributed by atoms with Crippen LogP contribution in [0.4, 0.5) is 0 Å². The molecule has 0 saturated heterocycles. The fourth-order valence-electron chi connectivity index (χ4n) is 8.20. The van der Waals surface area contributed by atoms with Gasteiger partial charge in [0.05, 0.1) is 79.2 Å². The second-order valence-corrected chi connectivity index (χ2v) is 36.9. The zero-order chi connectivity index (χ0) is 62.0. The van der Waals surface area contributed by atoms with Crippen LogP contribution in [-0.4, -0.2) is 105 Å². The van der Waals surface area contributed by atoms with Gasteiger partial charge in [0, 0.05) is 6.26 Å². The van der Waals surface area contributed by atoms with Crippen molar-refractivity contribution in [2.45, 2.75) is 91.7 Å². The minimum Gasteiger partial charge on any atom is -0.282 e. The molecular formula is C52H42O22S10. The van der Waals surface area contributed by atoms with Crippen LogP contribution in [0.5, 0.6) is 0 Å². The fraction of sp³-hybridized carbons (Fsp3) is 0.0769. The molecule has 84 heavy (non-hydrogen) atoms. The Labute approximate surface area is 485 Å². The SMILES string of the molecule is Cc1ccc(S(=O)(=O)c2ccc(S(=O)(=O)c3ccc(S(=O)(=O)c4ccc(S(=O)(=O)CCc5ccc(S(=O)(=O)c6ccc(S(=O)(=O)c7ccc(S(=O)(=O)c8ccc(S(C)(=O)=O)cc8)cc7)cc6)cc5)cc4)cc3)c(S(=O)(=O)O)c2)cc1S(=O)(=O)O. The molecule has 0 heterocycles. The lowest BCUT2D eigenvalue weighted by molar-refractivity contribution is 0.478. The lowest BCUT2D eigenvalue weighted by atomic mass is 10.2. The van der Waals surface area contributed by atoms with E-state index in [4.69, 9.17) is 0 Å². The summed E-state index contributed by atoms with van der Waals surface area (Å²) in [5, 5.41) is 0. The molecule has 0 spiro atoms. The molecule has 0 unspecified atom stereocenters. The first-order valence-electron chi connectivity index (χ1n) is 23.4. The summed E-state index contributed by atoms with van der Waals surface area (Å²) >= 11 is 0. The van der Waals surface area contributed by atoms with Gasteiger partial charge in [-0.05, 0) is 188 Å². The van der Waals surface area contributed by atoms with Gasteiger partial charge >= 0.3 is 0 Å². The van der Waals surface area contributed by atoms with Gasteiger partial charge in [-0.15, -0.1) is 0 Å². The molecule has 0 atom stereocenters. The molecular weight excluding hydrogens is 1300 g/mol. The summed E-state index contributed by atoms with van der Waals surface area (Å²) in [7, 11) is -45.3. The number of hydrogen-bond donors (Lipinski definition) is 2. The highest BCUT2D eigenvalue weighted by Crippen LogP contribution is 2.35. The van der Waals surface area contributed by atoms with E-state index in [1.165, 1.54) is 31.2 Å². The van der Waals surface area contributed by atoms with Crippen LogP contribution in [-0.2, 0) is 105 Å². The third kappa shape index (κ3) is 12.6. The highest BCUT2D eigenvalue weighted by Gasteiger charge is 2.32. The van der Waals surface area contributed by atoms with Crippen LogP contribution in [0.25, 0.3) is 0 Å². The third-order valence-corrected chi connectivity index (χ3v) is 28.4. The second kappa shape index (κ2) is 22.2. The van der Waals surface area contributed by atoms with E-state index in [2.05, 4.69) is 0 Å². The van der Waals surface area contributed by atoms with Crippen LogP contribution >= 0.6 is 0 Å². The van der Waals surface area contributed by atoms with Crippen molar-refractivity contribution < 1.29 is 93.3 Å². The Hall–Kier alpha value is -6.82. The minimum absolute atomic E-state index is 0.0473. The van der Waals surface area contributed by atoms with Crippen molar-refractivity contribution in [1.82, 2.24) is 0 Å². The summed E-state index contributed by atoms with van der Waals surface area (Å²) in [4.78, 5) is -8.74. The Kier molecular flexibility index (Phi) is 16.7. The lowest BCUT2D eigenvalue weighted by Gasteiger charge is -2.13. The van der Waals surface area contributed by atoms with E-state index in [1.54, 1.807) is 0 Å². The summed E-state index contributed by atoms with van der Waals surface area (Å²) in [5.74, 6) is -0.529.